The van der Waals surface area contributed by atoms with Crippen molar-refractivity contribution in [2.45, 2.75) is 6.42 Å². The van der Waals surface area contributed by atoms with E-state index in [2.05, 4.69) is 5.32 Å². The molecule has 1 aliphatic rings. The number of benzene rings is 3. The van der Waals surface area contributed by atoms with Gasteiger partial charge >= 0.3 is 0 Å². The number of carbonyl (C=O) groups excluding carboxylic acids is 3. The second-order valence-electron chi connectivity index (χ2n) is 8.57. The number of nitrogens with two attached hydrogens (primary N) is 1. The zero-order valence-corrected chi connectivity index (χ0v) is 19.9. The van der Waals surface area contributed by atoms with E-state index in [9.17, 15) is 14.4 Å². The van der Waals surface area contributed by atoms with Crippen molar-refractivity contribution >= 4 is 23.3 Å². The first-order valence-corrected chi connectivity index (χ1v) is 11.8. The number of anilines is 1. The molecule has 1 saturated heterocycles. The zero-order valence-electron chi connectivity index (χ0n) is 19.9. The molecule has 3 aromatic rings. The summed E-state index contributed by atoms with van der Waals surface area (Å²) in [5.74, 6) is -0.720. The van der Waals surface area contributed by atoms with E-state index in [0.29, 0.717) is 37.6 Å². The van der Waals surface area contributed by atoms with Crippen LogP contribution in [0.1, 0.15) is 15.9 Å². The fourth-order valence-corrected chi connectivity index (χ4v) is 3.96. The fourth-order valence-electron chi connectivity index (χ4n) is 3.96. The quantitative estimate of drug-likeness (QED) is 0.426. The third-order valence-corrected chi connectivity index (χ3v) is 5.84. The smallest absolute Gasteiger partial charge is 0.255 e. The molecular formula is C28H29N3O5. The van der Waals surface area contributed by atoms with E-state index in [-0.39, 0.29) is 37.0 Å². The number of ketones is 1. The number of hydrogen-bond donors (Lipinski definition) is 2. The Labute approximate surface area is 210 Å². The first kappa shape index (κ1) is 25.1. The number of Topliss-reactive ketones (excluding diaryl/α,β-unsaturated/α-hetero) is 1. The van der Waals surface area contributed by atoms with E-state index in [0.717, 1.165) is 16.7 Å². The largest absolute Gasteiger partial charge is 0.482 e. The van der Waals surface area contributed by atoms with Gasteiger partial charge in [0.25, 0.3) is 5.91 Å². The van der Waals surface area contributed by atoms with Crippen molar-refractivity contribution in [3.63, 3.8) is 0 Å². The van der Waals surface area contributed by atoms with E-state index in [1.165, 1.54) is 0 Å². The Morgan fingerprint density at radius 1 is 0.917 bits per heavy atom. The molecule has 4 rings (SSSR count). The van der Waals surface area contributed by atoms with Gasteiger partial charge in [-0.15, -0.1) is 0 Å². The Bertz CT molecular complexity index is 1210. The van der Waals surface area contributed by atoms with E-state index < -0.39 is 5.91 Å². The SMILES string of the molecule is NC(=O)COc1ccc(C(=O)Cc2ccc(-c3ccccc3)cc2)cc1NC(=O)CN1CCOCC1. The lowest BCUT2D eigenvalue weighted by Gasteiger charge is -2.26. The second-order valence-corrected chi connectivity index (χ2v) is 8.57. The molecule has 2 amide bonds. The molecule has 1 heterocycles. The van der Waals surface area contributed by atoms with Gasteiger partial charge in [-0.1, -0.05) is 54.6 Å². The molecule has 0 saturated carbocycles. The van der Waals surface area contributed by atoms with Crippen molar-refractivity contribution in [1.82, 2.24) is 4.90 Å². The van der Waals surface area contributed by atoms with Gasteiger partial charge in [-0.2, -0.15) is 0 Å². The predicted molar refractivity (Wildman–Crippen MR) is 137 cm³/mol. The van der Waals surface area contributed by atoms with Gasteiger partial charge in [-0.25, -0.2) is 0 Å². The minimum Gasteiger partial charge on any atom is -0.482 e. The Hall–Kier alpha value is -4.01. The molecule has 0 aromatic heterocycles. The number of amides is 2. The highest BCUT2D eigenvalue weighted by molar-refractivity contribution is 6.01. The minimum absolute atomic E-state index is 0.104. The van der Waals surface area contributed by atoms with Gasteiger partial charge in [0.2, 0.25) is 5.91 Å². The first-order chi connectivity index (χ1) is 17.5. The maximum absolute atomic E-state index is 13.1. The molecule has 1 fully saturated rings. The van der Waals surface area contributed by atoms with Gasteiger partial charge in [0.15, 0.2) is 12.4 Å². The highest BCUT2D eigenvalue weighted by atomic mass is 16.5. The van der Waals surface area contributed by atoms with Crippen molar-refractivity contribution < 1.29 is 23.9 Å². The summed E-state index contributed by atoms with van der Waals surface area (Å²) in [5.41, 5.74) is 9.02. The molecule has 0 bridgehead atoms. The summed E-state index contributed by atoms with van der Waals surface area (Å²) in [6.45, 7) is 2.34. The zero-order chi connectivity index (χ0) is 25.3. The molecule has 0 radical (unpaired) electrons. The lowest BCUT2D eigenvalue weighted by atomic mass is 9.99. The van der Waals surface area contributed by atoms with Crippen molar-refractivity contribution in [1.29, 1.82) is 0 Å². The average molecular weight is 488 g/mol. The molecule has 0 atom stereocenters. The normalized spacial score (nSPS) is 13.7. The number of nitrogens with one attached hydrogen (secondary N) is 1. The third-order valence-electron chi connectivity index (χ3n) is 5.84. The van der Waals surface area contributed by atoms with E-state index in [1.807, 2.05) is 59.5 Å². The molecule has 8 heteroatoms. The Kier molecular flexibility index (Phi) is 8.44. The highest BCUT2D eigenvalue weighted by Gasteiger charge is 2.18. The summed E-state index contributed by atoms with van der Waals surface area (Å²) in [6, 6.07) is 22.7. The van der Waals surface area contributed by atoms with Crippen LogP contribution in [0, 0.1) is 0 Å². The van der Waals surface area contributed by atoms with Crippen molar-refractivity contribution in [3.8, 4) is 16.9 Å². The van der Waals surface area contributed by atoms with Gasteiger partial charge in [-0.3, -0.25) is 19.3 Å². The summed E-state index contributed by atoms with van der Waals surface area (Å²) in [5, 5.41) is 2.82. The first-order valence-electron chi connectivity index (χ1n) is 11.8. The van der Waals surface area contributed by atoms with Crippen LogP contribution in [-0.2, 0) is 20.7 Å². The van der Waals surface area contributed by atoms with Crippen LogP contribution in [-0.4, -0.2) is 62.0 Å². The van der Waals surface area contributed by atoms with E-state index >= 15 is 0 Å². The minimum atomic E-state index is -0.639. The predicted octanol–water partition coefficient (Wildman–Crippen LogP) is 2.91. The van der Waals surface area contributed by atoms with E-state index in [4.69, 9.17) is 15.2 Å². The standard InChI is InChI=1S/C28H29N3O5/c29-27(33)19-36-26-11-10-23(17-24(26)30-28(34)18-31-12-14-35-15-13-31)25(32)16-20-6-8-22(9-7-20)21-4-2-1-3-5-21/h1-11,17H,12-16,18-19H2,(H2,29,33)(H,30,34). The summed E-state index contributed by atoms with van der Waals surface area (Å²) < 4.78 is 10.8. The van der Waals surface area contributed by atoms with Crippen LogP contribution in [0.2, 0.25) is 0 Å². The summed E-state index contributed by atoms with van der Waals surface area (Å²) in [7, 11) is 0. The molecular weight excluding hydrogens is 458 g/mol. The van der Waals surface area contributed by atoms with Crippen LogP contribution < -0.4 is 15.8 Å². The van der Waals surface area contributed by atoms with Crippen LogP contribution in [0.5, 0.6) is 5.75 Å². The molecule has 186 valence electrons. The Morgan fingerprint density at radius 2 is 1.61 bits per heavy atom. The lowest BCUT2D eigenvalue weighted by Crippen LogP contribution is -2.41. The maximum Gasteiger partial charge on any atom is 0.255 e. The van der Waals surface area contributed by atoms with Crippen LogP contribution in [0.15, 0.2) is 72.8 Å². The number of primary amides is 1. The third kappa shape index (κ3) is 7.00. The number of nitrogens with zero attached hydrogens (tertiary/aromatic N) is 1. The summed E-state index contributed by atoms with van der Waals surface area (Å²) in [4.78, 5) is 38.9. The molecule has 0 spiro atoms. The van der Waals surface area contributed by atoms with Gasteiger partial charge in [-0.05, 0) is 34.9 Å². The van der Waals surface area contributed by atoms with Crippen LogP contribution in [0.3, 0.4) is 0 Å². The van der Waals surface area contributed by atoms with Crippen LogP contribution >= 0.6 is 0 Å². The highest BCUT2D eigenvalue weighted by Crippen LogP contribution is 2.27. The number of hydrogen-bond acceptors (Lipinski definition) is 6. The number of rotatable bonds is 10. The Morgan fingerprint density at radius 3 is 2.31 bits per heavy atom. The average Bonchev–Trinajstić information content (AvgIpc) is 2.89. The number of carbonyl (C=O) groups is 3. The van der Waals surface area contributed by atoms with Gasteiger partial charge in [0, 0.05) is 25.1 Å². The molecule has 1 aliphatic heterocycles. The van der Waals surface area contributed by atoms with Crippen LogP contribution in [0.25, 0.3) is 11.1 Å². The van der Waals surface area contributed by atoms with Gasteiger partial charge in [0.1, 0.15) is 5.75 Å². The van der Waals surface area contributed by atoms with Crippen LogP contribution in [0.4, 0.5) is 5.69 Å². The second kappa shape index (κ2) is 12.1. The van der Waals surface area contributed by atoms with Crippen molar-refractivity contribution in [2.24, 2.45) is 5.73 Å². The summed E-state index contributed by atoms with van der Waals surface area (Å²) >= 11 is 0. The fraction of sp³-hybridized carbons (Fsp3) is 0.250. The van der Waals surface area contributed by atoms with Crippen molar-refractivity contribution in [3.05, 3.63) is 83.9 Å². The molecule has 3 N–H and O–H groups in total. The topological polar surface area (TPSA) is 111 Å². The molecule has 0 unspecified atom stereocenters. The molecule has 0 aliphatic carbocycles. The number of ether oxygens (including phenoxy) is 2. The monoisotopic (exact) mass is 487 g/mol. The molecule has 8 nitrogen and oxygen atoms in total. The van der Waals surface area contributed by atoms with Crippen molar-refractivity contribution in [2.75, 3.05) is 44.8 Å². The Balaban J connectivity index is 1.46. The lowest BCUT2D eigenvalue weighted by molar-refractivity contribution is -0.120. The van der Waals surface area contributed by atoms with Gasteiger partial charge < -0.3 is 20.5 Å². The molecule has 36 heavy (non-hydrogen) atoms. The maximum atomic E-state index is 13.1. The number of morpholine rings is 1. The van der Waals surface area contributed by atoms with E-state index in [1.54, 1.807) is 18.2 Å². The van der Waals surface area contributed by atoms with Gasteiger partial charge in [0.05, 0.1) is 25.4 Å². The molecule has 3 aromatic carbocycles. The summed E-state index contributed by atoms with van der Waals surface area (Å²) in [6.07, 6.45) is 0.206.